The molecule has 0 spiro atoms. The van der Waals surface area contributed by atoms with Crippen molar-refractivity contribution in [1.29, 1.82) is 0 Å². The first kappa shape index (κ1) is 29.9. The first-order chi connectivity index (χ1) is 24.6. The largest absolute Gasteiger partial charge is 0.310 e. The maximum atomic E-state index is 2.41. The summed E-state index contributed by atoms with van der Waals surface area (Å²) in [5.74, 6) is 0. The Balaban J connectivity index is 1.17. The van der Waals surface area contributed by atoms with Gasteiger partial charge >= 0.3 is 0 Å². The quantitative estimate of drug-likeness (QED) is 0.175. The van der Waals surface area contributed by atoms with Crippen LogP contribution >= 0.6 is 0 Å². The molecular weight excluding hydrogens is 603 g/mol. The van der Waals surface area contributed by atoms with Gasteiger partial charge in [-0.05, 0) is 97.4 Å². The van der Waals surface area contributed by atoms with Gasteiger partial charge in [0.25, 0.3) is 0 Å². The molecule has 0 unspecified atom stereocenters. The summed E-state index contributed by atoms with van der Waals surface area (Å²) in [5, 5.41) is 2.44. The smallest absolute Gasteiger partial charge is 0.0540 e. The predicted octanol–water partition coefficient (Wildman–Crippen LogP) is 13.6. The van der Waals surface area contributed by atoms with Gasteiger partial charge in [0, 0.05) is 22.2 Å². The van der Waals surface area contributed by atoms with Crippen LogP contribution in [0.25, 0.3) is 55.3 Å². The topological polar surface area (TPSA) is 3.24 Å². The van der Waals surface area contributed by atoms with Crippen molar-refractivity contribution >= 4 is 27.8 Å². The van der Waals surface area contributed by atoms with Crippen molar-refractivity contribution in [3.05, 3.63) is 199 Å². The van der Waals surface area contributed by atoms with Gasteiger partial charge in [0.1, 0.15) is 0 Å². The fraction of sp³-hybridized carbons (Fsp3) is 0.0612. The molecule has 0 aliphatic heterocycles. The Kier molecular flexibility index (Phi) is 7.21. The Labute approximate surface area is 294 Å². The molecule has 50 heavy (non-hydrogen) atoms. The van der Waals surface area contributed by atoms with E-state index in [0.717, 1.165) is 17.1 Å². The molecule has 0 radical (unpaired) electrons. The molecule has 1 aliphatic carbocycles. The number of nitrogens with zero attached hydrogens (tertiary/aromatic N) is 1. The van der Waals surface area contributed by atoms with Crippen LogP contribution in [0, 0.1) is 0 Å². The SMILES string of the molecule is CC1(C)c2ccccc2-c2c(-c3ccc(N(c4cccc(-c5cccc(-c6ccccc6)c5)c4)c4cccc5ccccc45)cc3)cccc21. The van der Waals surface area contributed by atoms with Crippen molar-refractivity contribution in [1.82, 2.24) is 0 Å². The summed E-state index contributed by atoms with van der Waals surface area (Å²) < 4.78 is 0. The summed E-state index contributed by atoms with van der Waals surface area (Å²) in [5.41, 5.74) is 16.2. The molecule has 8 aromatic carbocycles. The number of hydrogen-bond acceptors (Lipinski definition) is 1. The van der Waals surface area contributed by atoms with E-state index >= 15 is 0 Å². The second-order valence-electron chi connectivity index (χ2n) is 13.8. The van der Waals surface area contributed by atoms with Crippen LogP contribution < -0.4 is 4.90 Å². The molecule has 238 valence electrons. The van der Waals surface area contributed by atoms with Crippen LogP contribution in [-0.2, 0) is 5.41 Å². The fourth-order valence-electron chi connectivity index (χ4n) is 7.95. The average Bonchev–Trinajstić information content (AvgIpc) is 3.42. The molecule has 0 aromatic heterocycles. The predicted molar refractivity (Wildman–Crippen MR) is 213 cm³/mol. The molecule has 8 aromatic rings. The van der Waals surface area contributed by atoms with Gasteiger partial charge in [-0.3, -0.25) is 0 Å². The molecule has 0 saturated carbocycles. The molecule has 0 N–H and O–H groups in total. The Hall–Kier alpha value is -6.18. The van der Waals surface area contributed by atoms with Crippen LogP contribution in [0.15, 0.2) is 188 Å². The number of benzene rings is 8. The summed E-state index contributed by atoms with van der Waals surface area (Å²) >= 11 is 0. The van der Waals surface area contributed by atoms with Crippen LogP contribution in [0.1, 0.15) is 25.0 Å². The second-order valence-corrected chi connectivity index (χ2v) is 13.8. The summed E-state index contributed by atoms with van der Waals surface area (Å²) in [6, 6.07) is 68.5. The Morgan fingerprint density at radius 1 is 0.380 bits per heavy atom. The zero-order valence-electron chi connectivity index (χ0n) is 28.3. The van der Waals surface area contributed by atoms with E-state index in [4.69, 9.17) is 0 Å². The van der Waals surface area contributed by atoms with Gasteiger partial charge in [0.2, 0.25) is 0 Å². The maximum absolute atomic E-state index is 2.41. The van der Waals surface area contributed by atoms with Crippen molar-refractivity contribution in [2.24, 2.45) is 0 Å². The summed E-state index contributed by atoms with van der Waals surface area (Å²) in [7, 11) is 0. The molecule has 9 rings (SSSR count). The molecule has 0 fully saturated rings. The summed E-state index contributed by atoms with van der Waals surface area (Å²) in [4.78, 5) is 2.41. The van der Waals surface area contributed by atoms with E-state index in [1.165, 1.54) is 66.4 Å². The highest BCUT2D eigenvalue weighted by Crippen LogP contribution is 2.52. The van der Waals surface area contributed by atoms with Gasteiger partial charge in [-0.2, -0.15) is 0 Å². The minimum atomic E-state index is -0.0291. The highest BCUT2D eigenvalue weighted by Gasteiger charge is 2.36. The van der Waals surface area contributed by atoms with Gasteiger partial charge < -0.3 is 4.90 Å². The van der Waals surface area contributed by atoms with E-state index in [-0.39, 0.29) is 5.41 Å². The fourth-order valence-corrected chi connectivity index (χ4v) is 7.95. The first-order valence-corrected chi connectivity index (χ1v) is 17.4. The van der Waals surface area contributed by atoms with Gasteiger partial charge in [0.15, 0.2) is 0 Å². The second kappa shape index (κ2) is 12.1. The summed E-state index contributed by atoms with van der Waals surface area (Å²) in [6.45, 7) is 4.69. The molecule has 0 heterocycles. The van der Waals surface area contributed by atoms with Gasteiger partial charge in [0.05, 0.1) is 5.69 Å². The van der Waals surface area contributed by atoms with E-state index in [9.17, 15) is 0 Å². The normalized spacial score (nSPS) is 12.8. The lowest BCUT2D eigenvalue weighted by molar-refractivity contribution is 0.660. The number of fused-ring (bicyclic) bond motifs is 4. The van der Waals surface area contributed by atoms with E-state index in [1.807, 2.05) is 0 Å². The van der Waals surface area contributed by atoms with Crippen LogP contribution in [0.3, 0.4) is 0 Å². The van der Waals surface area contributed by atoms with Gasteiger partial charge in [-0.15, -0.1) is 0 Å². The van der Waals surface area contributed by atoms with Gasteiger partial charge in [-0.25, -0.2) is 0 Å². The molecule has 0 saturated heterocycles. The molecule has 1 heteroatoms. The maximum Gasteiger partial charge on any atom is 0.0540 e. The lowest BCUT2D eigenvalue weighted by Gasteiger charge is -2.27. The first-order valence-electron chi connectivity index (χ1n) is 17.4. The van der Waals surface area contributed by atoms with E-state index in [1.54, 1.807) is 0 Å². The van der Waals surface area contributed by atoms with Crippen molar-refractivity contribution in [2.75, 3.05) is 4.90 Å². The molecule has 0 atom stereocenters. The third-order valence-corrected chi connectivity index (χ3v) is 10.5. The minimum Gasteiger partial charge on any atom is -0.310 e. The van der Waals surface area contributed by atoms with Crippen LogP contribution in [-0.4, -0.2) is 0 Å². The highest BCUT2D eigenvalue weighted by molar-refractivity contribution is 6.00. The number of rotatable bonds is 6. The van der Waals surface area contributed by atoms with Crippen LogP contribution in [0.4, 0.5) is 17.1 Å². The van der Waals surface area contributed by atoms with E-state index < -0.39 is 0 Å². The monoisotopic (exact) mass is 639 g/mol. The third kappa shape index (κ3) is 5.02. The zero-order valence-corrected chi connectivity index (χ0v) is 28.3. The standard InChI is InChI=1S/C49H37N/c1-49(2)45-25-9-8-23-44(45)48-43(24-13-26-46(48)49)36-28-30-40(31-29-36)50(47-27-12-17-35-16-6-7-22-42(35)47)41-21-11-20-39(33-41)38-19-10-18-37(32-38)34-14-4-3-5-15-34/h3-33H,1-2H3. The molecule has 1 nitrogen and oxygen atoms in total. The van der Waals surface area contributed by atoms with E-state index in [2.05, 4.69) is 207 Å². The van der Waals surface area contributed by atoms with Gasteiger partial charge in [-0.1, -0.05) is 166 Å². The highest BCUT2D eigenvalue weighted by atomic mass is 15.1. The molecule has 0 amide bonds. The number of hydrogen-bond donors (Lipinski definition) is 0. The van der Waals surface area contributed by atoms with Crippen molar-refractivity contribution < 1.29 is 0 Å². The zero-order chi connectivity index (χ0) is 33.7. The molecule has 0 bridgehead atoms. The third-order valence-electron chi connectivity index (χ3n) is 10.5. The molecular formula is C49H37N. The Bertz CT molecular complexity index is 2500. The summed E-state index contributed by atoms with van der Waals surface area (Å²) in [6.07, 6.45) is 0. The minimum absolute atomic E-state index is 0.0291. The van der Waals surface area contributed by atoms with Crippen LogP contribution in [0.5, 0.6) is 0 Å². The Morgan fingerprint density at radius 3 is 1.80 bits per heavy atom. The van der Waals surface area contributed by atoms with Crippen molar-refractivity contribution in [3.8, 4) is 44.5 Å². The Morgan fingerprint density at radius 2 is 0.960 bits per heavy atom. The lowest BCUT2D eigenvalue weighted by Crippen LogP contribution is -2.14. The lowest BCUT2D eigenvalue weighted by atomic mass is 9.82. The number of anilines is 3. The van der Waals surface area contributed by atoms with Crippen LogP contribution in [0.2, 0.25) is 0 Å². The van der Waals surface area contributed by atoms with Crippen molar-refractivity contribution in [3.63, 3.8) is 0 Å². The average molecular weight is 640 g/mol. The van der Waals surface area contributed by atoms with E-state index in [0.29, 0.717) is 0 Å². The molecule has 1 aliphatic rings. The van der Waals surface area contributed by atoms with Crippen molar-refractivity contribution in [2.45, 2.75) is 19.3 Å².